The molecule has 0 amide bonds. The molecule has 94 valence electrons. The number of aliphatic imine (C=N–C) groups is 1. The van der Waals surface area contributed by atoms with Crippen molar-refractivity contribution in [2.24, 2.45) is 4.99 Å². The molecule has 1 N–H and O–H groups in total. The summed E-state index contributed by atoms with van der Waals surface area (Å²) in [6, 6.07) is 0.505. The molecule has 2 nitrogen and oxygen atoms in total. The normalized spacial score (nSPS) is 15.1. The maximum absolute atomic E-state index is 4.50. The molecule has 0 atom stereocenters. The van der Waals surface area contributed by atoms with Gasteiger partial charge in [0.25, 0.3) is 0 Å². The van der Waals surface area contributed by atoms with Gasteiger partial charge in [-0.2, -0.15) is 0 Å². The highest BCUT2D eigenvalue weighted by molar-refractivity contribution is 5.93. The van der Waals surface area contributed by atoms with Crippen molar-refractivity contribution in [3.8, 4) is 0 Å². The van der Waals surface area contributed by atoms with Crippen molar-refractivity contribution < 1.29 is 0 Å². The van der Waals surface area contributed by atoms with Crippen LogP contribution in [0.15, 0.2) is 30.4 Å². The zero-order valence-corrected chi connectivity index (χ0v) is 11.4. The van der Waals surface area contributed by atoms with Gasteiger partial charge >= 0.3 is 0 Å². The third kappa shape index (κ3) is 8.27. The second-order valence-corrected chi connectivity index (χ2v) is 3.01. The van der Waals surface area contributed by atoms with E-state index in [2.05, 4.69) is 23.5 Å². The van der Waals surface area contributed by atoms with Crippen LogP contribution in [0.25, 0.3) is 0 Å². The van der Waals surface area contributed by atoms with Crippen LogP contribution in [-0.2, 0) is 0 Å². The molecule has 0 aromatic rings. The molecular formula is C14H28N2. The van der Waals surface area contributed by atoms with Crippen LogP contribution in [0, 0.1) is 0 Å². The molecule has 2 heteroatoms. The molecule has 1 aliphatic carbocycles. The number of nitrogens with zero attached hydrogens (tertiary/aromatic N) is 1. The molecule has 1 saturated carbocycles. The van der Waals surface area contributed by atoms with Gasteiger partial charge in [-0.1, -0.05) is 53.7 Å². The minimum absolute atomic E-state index is 0.505. The van der Waals surface area contributed by atoms with Gasteiger partial charge in [-0.15, -0.1) is 0 Å². The number of rotatable bonds is 3. The highest BCUT2D eigenvalue weighted by atomic mass is 15.0. The maximum Gasteiger partial charge on any atom is 0.124 e. The first kappa shape index (κ1) is 17.3. The van der Waals surface area contributed by atoms with Gasteiger partial charge in [-0.25, -0.2) is 0 Å². The van der Waals surface area contributed by atoms with Gasteiger partial charge < -0.3 is 5.32 Å². The molecule has 1 aliphatic rings. The second-order valence-electron chi connectivity index (χ2n) is 3.01. The summed E-state index contributed by atoms with van der Waals surface area (Å²) in [6.45, 7) is 15.3. The monoisotopic (exact) mass is 224 g/mol. The van der Waals surface area contributed by atoms with E-state index in [0.29, 0.717) is 6.04 Å². The summed E-state index contributed by atoms with van der Waals surface area (Å²) in [5.74, 6) is 0.844. The van der Waals surface area contributed by atoms with Gasteiger partial charge in [-0.05, 0) is 25.1 Å². The molecule has 0 heterocycles. The lowest BCUT2D eigenvalue weighted by atomic mass is 10.3. The van der Waals surface area contributed by atoms with E-state index in [1.165, 1.54) is 25.7 Å². The summed E-state index contributed by atoms with van der Waals surface area (Å²) < 4.78 is 0. The quantitative estimate of drug-likeness (QED) is 0.561. The Labute approximate surface area is 102 Å². The lowest BCUT2D eigenvalue weighted by molar-refractivity contribution is 0.704. The highest BCUT2D eigenvalue weighted by Gasteiger charge is 2.13. The van der Waals surface area contributed by atoms with E-state index < -0.39 is 0 Å². The molecule has 0 radical (unpaired) electrons. The standard InChI is InChI=1S/C10H16N2.2C2H6/c1-3-10(11-4-2)12-9-7-5-6-8-9;2*1-2/h3-4,9H,1-2,5-8H2,(H,11,12);2*1-2H3. The molecule has 0 aromatic heterocycles. The van der Waals surface area contributed by atoms with Crippen LogP contribution < -0.4 is 5.32 Å². The minimum Gasteiger partial charge on any atom is -0.348 e. The summed E-state index contributed by atoms with van der Waals surface area (Å²) in [4.78, 5) is 4.50. The van der Waals surface area contributed by atoms with Crippen molar-refractivity contribution in [1.82, 2.24) is 5.32 Å². The number of amidine groups is 1. The van der Waals surface area contributed by atoms with Gasteiger partial charge in [0, 0.05) is 0 Å². The maximum atomic E-state index is 4.50. The van der Waals surface area contributed by atoms with E-state index in [4.69, 9.17) is 0 Å². The van der Waals surface area contributed by atoms with E-state index in [1.54, 1.807) is 12.3 Å². The van der Waals surface area contributed by atoms with Crippen LogP contribution in [0.3, 0.4) is 0 Å². The van der Waals surface area contributed by atoms with E-state index in [-0.39, 0.29) is 0 Å². The molecule has 0 aliphatic heterocycles. The lowest BCUT2D eigenvalue weighted by Crippen LogP contribution is -2.16. The molecule has 1 fully saturated rings. The van der Waals surface area contributed by atoms with Gasteiger partial charge in [0.15, 0.2) is 0 Å². The topological polar surface area (TPSA) is 24.4 Å². The lowest BCUT2D eigenvalue weighted by Gasteiger charge is -2.05. The Morgan fingerprint density at radius 3 is 2.00 bits per heavy atom. The summed E-state index contributed by atoms with van der Waals surface area (Å²) in [7, 11) is 0. The molecule has 1 rings (SSSR count). The largest absolute Gasteiger partial charge is 0.348 e. The zero-order chi connectivity index (χ0) is 12.8. The van der Waals surface area contributed by atoms with Crippen molar-refractivity contribution in [3.05, 3.63) is 25.4 Å². The first-order chi connectivity index (χ1) is 7.86. The molecule has 0 aromatic carbocycles. The summed E-state index contributed by atoms with van der Waals surface area (Å²) >= 11 is 0. The minimum atomic E-state index is 0.505. The van der Waals surface area contributed by atoms with Crippen molar-refractivity contribution >= 4 is 5.84 Å². The zero-order valence-electron chi connectivity index (χ0n) is 11.4. The van der Waals surface area contributed by atoms with Crippen molar-refractivity contribution in [3.63, 3.8) is 0 Å². The van der Waals surface area contributed by atoms with Crippen molar-refractivity contribution in [1.29, 1.82) is 0 Å². The first-order valence-corrected chi connectivity index (χ1v) is 6.44. The molecule has 0 saturated heterocycles. The molecular weight excluding hydrogens is 196 g/mol. The van der Waals surface area contributed by atoms with E-state index in [1.807, 2.05) is 27.7 Å². The van der Waals surface area contributed by atoms with Gasteiger partial charge in [0.05, 0.1) is 6.04 Å². The Morgan fingerprint density at radius 2 is 1.62 bits per heavy atom. The Balaban J connectivity index is 0. The van der Waals surface area contributed by atoms with Crippen LogP contribution in [0.2, 0.25) is 0 Å². The third-order valence-electron chi connectivity index (χ3n) is 2.09. The SMILES string of the molecule is C=CNC(C=C)=NC1CCCC1.CC.CC. The Hall–Kier alpha value is -1.05. The fourth-order valence-corrected chi connectivity index (χ4v) is 1.48. The average Bonchev–Trinajstić information content (AvgIpc) is 2.86. The van der Waals surface area contributed by atoms with Crippen LogP contribution in [0.1, 0.15) is 53.4 Å². The molecule has 0 spiro atoms. The summed E-state index contributed by atoms with van der Waals surface area (Å²) in [6.07, 6.45) is 8.43. The smallest absolute Gasteiger partial charge is 0.124 e. The molecule has 16 heavy (non-hydrogen) atoms. The fourth-order valence-electron chi connectivity index (χ4n) is 1.48. The van der Waals surface area contributed by atoms with Crippen LogP contribution in [0.4, 0.5) is 0 Å². The number of nitrogens with one attached hydrogen (secondary N) is 1. The average molecular weight is 224 g/mol. The van der Waals surface area contributed by atoms with Gasteiger partial charge in [0.1, 0.15) is 5.84 Å². The van der Waals surface area contributed by atoms with Gasteiger partial charge in [-0.3, -0.25) is 4.99 Å². The van der Waals surface area contributed by atoms with E-state index in [0.717, 1.165) is 5.84 Å². The fraction of sp³-hybridized carbons (Fsp3) is 0.643. The third-order valence-corrected chi connectivity index (χ3v) is 2.09. The predicted molar refractivity (Wildman–Crippen MR) is 75.9 cm³/mol. The van der Waals surface area contributed by atoms with Crippen molar-refractivity contribution in [2.45, 2.75) is 59.4 Å². The Bertz CT molecular complexity index is 189. The number of hydrogen-bond donors (Lipinski definition) is 1. The first-order valence-electron chi connectivity index (χ1n) is 6.44. The van der Waals surface area contributed by atoms with Gasteiger partial charge in [0.2, 0.25) is 0 Å². The van der Waals surface area contributed by atoms with E-state index >= 15 is 0 Å². The molecule has 0 bridgehead atoms. The summed E-state index contributed by atoms with van der Waals surface area (Å²) in [5, 5.41) is 2.96. The second kappa shape index (κ2) is 13.9. The number of hydrogen-bond acceptors (Lipinski definition) is 1. The van der Waals surface area contributed by atoms with Crippen LogP contribution in [-0.4, -0.2) is 11.9 Å². The Morgan fingerprint density at radius 1 is 1.12 bits per heavy atom. The van der Waals surface area contributed by atoms with Crippen LogP contribution >= 0.6 is 0 Å². The summed E-state index contributed by atoms with van der Waals surface area (Å²) in [5.41, 5.74) is 0. The Kier molecular flexibility index (Phi) is 15.1. The predicted octanol–water partition coefficient (Wildman–Crippen LogP) is 4.30. The van der Waals surface area contributed by atoms with Crippen LogP contribution in [0.5, 0.6) is 0 Å². The highest BCUT2D eigenvalue weighted by Crippen LogP contribution is 2.20. The van der Waals surface area contributed by atoms with E-state index in [9.17, 15) is 0 Å². The molecule has 0 unspecified atom stereocenters. The van der Waals surface area contributed by atoms with Crippen molar-refractivity contribution in [2.75, 3.05) is 0 Å².